The van der Waals surface area contributed by atoms with Crippen molar-refractivity contribution in [3.63, 3.8) is 0 Å². The lowest BCUT2D eigenvalue weighted by Crippen LogP contribution is -2.46. The van der Waals surface area contributed by atoms with E-state index in [0.29, 0.717) is 33.0 Å². The van der Waals surface area contributed by atoms with Crippen molar-refractivity contribution in [2.45, 2.75) is 46.1 Å². The van der Waals surface area contributed by atoms with E-state index in [1.807, 2.05) is 27.7 Å². The minimum absolute atomic E-state index is 0.210. The van der Waals surface area contributed by atoms with Gasteiger partial charge in [0.25, 0.3) is 0 Å². The normalized spacial score (nSPS) is 12.3. The van der Waals surface area contributed by atoms with Gasteiger partial charge in [0, 0.05) is 26.4 Å². The molecular formula is C13H30NO5Si. The molecule has 0 heterocycles. The Kier molecular flexibility index (Phi) is 12.7. The lowest BCUT2D eigenvalue weighted by atomic mass is 10.5. The molecule has 0 saturated heterocycles. The van der Waals surface area contributed by atoms with Crippen LogP contribution >= 0.6 is 0 Å². The Morgan fingerprint density at radius 1 is 0.850 bits per heavy atom. The van der Waals surface area contributed by atoms with Gasteiger partial charge in [0.2, 0.25) is 0 Å². The summed E-state index contributed by atoms with van der Waals surface area (Å²) in [6.07, 6.45) is 0.888. The molecular weight excluding hydrogens is 278 g/mol. The van der Waals surface area contributed by atoms with Gasteiger partial charge in [-0.25, -0.2) is 0 Å². The zero-order valence-corrected chi connectivity index (χ0v) is 14.3. The zero-order valence-electron chi connectivity index (χ0n) is 13.3. The van der Waals surface area contributed by atoms with Gasteiger partial charge in [0.15, 0.2) is 0 Å². The molecule has 0 aliphatic rings. The van der Waals surface area contributed by atoms with Crippen LogP contribution in [0.25, 0.3) is 0 Å². The fourth-order valence-corrected chi connectivity index (χ4v) is 3.20. The van der Waals surface area contributed by atoms with E-state index in [9.17, 15) is 0 Å². The monoisotopic (exact) mass is 308 g/mol. The molecule has 0 amide bonds. The first kappa shape index (κ1) is 20.0. The molecule has 0 aliphatic carbocycles. The van der Waals surface area contributed by atoms with E-state index in [1.165, 1.54) is 0 Å². The van der Waals surface area contributed by atoms with E-state index in [-0.39, 0.29) is 6.61 Å². The van der Waals surface area contributed by atoms with Crippen molar-refractivity contribution in [1.82, 2.24) is 0 Å². The summed E-state index contributed by atoms with van der Waals surface area (Å²) >= 11 is 0. The highest BCUT2D eigenvalue weighted by atomic mass is 28.3. The Bertz CT molecular complexity index is 204. The average Bonchev–Trinajstić information content (AvgIpc) is 2.43. The standard InChI is InChI=1S/C13H30NO5Si/c1-5-15-13(16-6-2,17-7-3)12-19-20(18-8-4)11-9-10-14/h5-12,14H2,1-4H3. The summed E-state index contributed by atoms with van der Waals surface area (Å²) in [6.45, 7) is 10.6. The Hall–Kier alpha value is -0.0231. The second kappa shape index (κ2) is 12.7. The van der Waals surface area contributed by atoms with E-state index in [0.717, 1.165) is 12.5 Å². The highest BCUT2D eigenvalue weighted by Gasteiger charge is 2.34. The number of ether oxygens (including phenoxy) is 3. The van der Waals surface area contributed by atoms with Gasteiger partial charge < -0.3 is 28.8 Å². The Balaban J connectivity index is 4.50. The van der Waals surface area contributed by atoms with E-state index in [1.54, 1.807) is 0 Å². The highest BCUT2D eigenvalue weighted by Crippen LogP contribution is 2.18. The second-order valence-corrected chi connectivity index (χ2v) is 5.79. The first-order chi connectivity index (χ1) is 9.67. The van der Waals surface area contributed by atoms with E-state index >= 15 is 0 Å². The molecule has 121 valence electrons. The van der Waals surface area contributed by atoms with E-state index in [2.05, 4.69) is 0 Å². The molecule has 0 aromatic carbocycles. The molecule has 20 heavy (non-hydrogen) atoms. The number of hydrogen-bond acceptors (Lipinski definition) is 6. The molecule has 0 spiro atoms. The lowest BCUT2D eigenvalue weighted by Gasteiger charge is -2.32. The van der Waals surface area contributed by atoms with Gasteiger partial charge in [0.05, 0.1) is 0 Å². The zero-order chi connectivity index (χ0) is 15.3. The van der Waals surface area contributed by atoms with Gasteiger partial charge in [-0.2, -0.15) is 0 Å². The van der Waals surface area contributed by atoms with Crippen molar-refractivity contribution in [3.05, 3.63) is 0 Å². The van der Waals surface area contributed by atoms with Gasteiger partial charge in [-0.05, 0) is 46.7 Å². The van der Waals surface area contributed by atoms with Gasteiger partial charge in [-0.15, -0.1) is 0 Å². The van der Waals surface area contributed by atoms with E-state index in [4.69, 9.17) is 28.8 Å². The number of rotatable bonds is 14. The number of hydrogen-bond donors (Lipinski definition) is 1. The average molecular weight is 308 g/mol. The fraction of sp³-hybridized carbons (Fsp3) is 1.00. The Labute approximate surface area is 124 Å². The molecule has 0 atom stereocenters. The molecule has 1 radical (unpaired) electrons. The van der Waals surface area contributed by atoms with Crippen molar-refractivity contribution in [3.8, 4) is 0 Å². The van der Waals surface area contributed by atoms with Crippen molar-refractivity contribution in [2.24, 2.45) is 5.73 Å². The smallest absolute Gasteiger partial charge is 0.384 e. The maximum atomic E-state index is 5.86. The highest BCUT2D eigenvalue weighted by molar-refractivity contribution is 6.44. The summed E-state index contributed by atoms with van der Waals surface area (Å²) < 4.78 is 28.3. The van der Waals surface area contributed by atoms with Crippen LogP contribution in [0.4, 0.5) is 0 Å². The number of nitrogens with two attached hydrogens (primary N) is 1. The summed E-state index contributed by atoms with van der Waals surface area (Å²) in [5.74, 6) is -1.13. The molecule has 0 aliphatic heterocycles. The first-order valence-corrected chi connectivity index (χ1v) is 8.93. The summed E-state index contributed by atoms with van der Waals surface area (Å²) in [5.41, 5.74) is 5.53. The van der Waals surface area contributed by atoms with Crippen molar-refractivity contribution >= 4 is 9.28 Å². The maximum Gasteiger partial charge on any atom is 0.384 e. The molecule has 0 aromatic rings. The molecule has 0 saturated carbocycles. The summed E-state index contributed by atoms with van der Waals surface area (Å²) in [7, 11) is -1.36. The van der Waals surface area contributed by atoms with Crippen LogP contribution in [0.2, 0.25) is 6.04 Å². The van der Waals surface area contributed by atoms with Crippen LogP contribution < -0.4 is 5.73 Å². The predicted molar refractivity (Wildman–Crippen MR) is 79.4 cm³/mol. The first-order valence-electron chi connectivity index (χ1n) is 7.41. The van der Waals surface area contributed by atoms with Crippen molar-refractivity contribution < 1.29 is 23.1 Å². The third-order valence-electron chi connectivity index (χ3n) is 2.39. The minimum Gasteiger partial charge on any atom is -0.394 e. The molecule has 0 aromatic heterocycles. The summed E-state index contributed by atoms with van der Waals surface area (Å²) in [6, 6.07) is 0.843. The third-order valence-corrected chi connectivity index (χ3v) is 4.23. The van der Waals surface area contributed by atoms with Crippen LogP contribution in [-0.4, -0.2) is 54.8 Å². The molecule has 0 fully saturated rings. The molecule has 0 unspecified atom stereocenters. The maximum absolute atomic E-state index is 5.86. The van der Waals surface area contributed by atoms with Gasteiger partial charge in [0.1, 0.15) is 6.61 Å². The minimum atomic E-state index is -1.36. The quantitative estimate of drug-likeness (QED) is 0.388. The SMILES string of the molecule is CCO[Si](CCCN)OCC(OCC)(OCC)OCC. The van der Waals surface area contributed by atoms with Crippen molar-refractivity contribution in [1.29, 1.82) is 0 Å². The fourth-order valence-electron chi connectivity index (χ4n) is 1.67. The van der Waals surface area contributed by atoms with Gasteiger partial charge in [-0.3, -0.25) is 0 Å². The van der Waals surface area contributed by atoms with E-state index < -0.39 is 15.3 Å². The van der Waals surface area contributed by atoms with Crippen LogP contribution in [0.5, 0.6) is 0 Å². The lowest BCUT2D eigenvalue weighted by molar-refractivity contribution is -0.386. The Morgan fingerprint density at radius 3 is 1.80 bits per heavy atom. The molecule has 6 nitrogen and oxygen atoms in total. The van der Waals surface area contributed by atoms with Crippen LogP contribution in [0.1, 0.15) is 34.1 Å². The molecule has 0 bridgehead atoms. The van der Waals surface area contributed by atoms with Gasteiger partial charge >= 0.3 is 15.3 Å². The van der Waals surface area contributed by atoms with Crippen LogP contribution in [0.15, 0.2) is 0 Å². The molecule has 2 N–H and O–H groups in total. The second-order valence-electron chi connectivity index (χ2n) is 3.97. The predicted octanol–water partition coefficient (Wildman–Crippen LogP) is 1.64. The summed E-state index contributed by atoms with van der Waals surface area (Å²) in [4.78, 5) is 0. The largest absolute Gasteiger partial charge is 0.394 e. The van der Waals surface area contributed by atoms with Gasteiger partial charge in [-0.1, -0.05) is 0 Å². The Morgan fingerprint density at radius 2 is 1.40 bits per heavy atom. The van der Waals surface area contributed by atoms with Crippen LogP contribution in [0, 0.1) is 0 Å². The van der Waals surface area contributed by atoms with Crippen LogP contribution in [0.3, 0.4) is 0 Å². The molecule has 7 heteroatoms. The third kappa shape index (κ3) is 8.31. The van der Waals surface area contributed by atoms with Crippen molar-refractivity contribution in [2.75, 3.05) is 39.6 Å². The topological polar surface area (TPSA) is 72.2 Å². The molecule has 0 rings (SSSR count). The van der Waals surface area contributed by atoms with Crippen LogP contribution in [-0.2, 0) is 23.1 Å². The summed E-state index contributed by atoms with van der Waals surface area (Å²) in [5, 5.41) is 0.